The number of rotatable bonds is 7. The van der Waals surface area contributed by atoms with Gasteiger partial charge in [0.2, 0.25) is 0 Å². The molecule has 2 rings (SSSR count). The van der Waals surface area contributed by atoms with E-state index in [-0.39, 0.29) is 24.3 Å². The third-order valence-electron chi connectivity index (χ3n) is 2.98. The molecule has 2 aromatic rings. The Morgan fingerprint density at radius 3 is 2.81 bits per heavy atom. The summed E-state index contributed by atoms with van der Waals surface area (Å²) >= 11 is 0. The predicted octanol–water partition coefficient (Wildman–Crippen LogP) is 2.33. The zero-order valence-electron chi connectivity index (χ0n) is 12.0. The Morgan fingerprint density at radius 2 is 2.10 bits per heavy atom. The molecular weight excluding hydrogens is 268 g/mol. The lowest BCUT2D eigenvalue weighted by Crippen LogP contribution is -2.29. The Labute approximate surface area is 124 Å². The van der Waals surface area contributed by atoms with Gasteiger partial charge in [-0.25, -0.2) is 0 Å². The van der Waals surface area contributed by atoms with Gasteiger partial charge in [-0.3, -0.25) is 4.79 Å². The van der Waals surface area contributed by atoms with Gasteiger partial charge in [0.1, 0.15) is 12.4 Å². The topological polar surface area (TPSA) is 77.5 Å². The monoisotopic (exact) mass is 288 g/mol. The molecule has 1 aromatic heterocycles. The van der Waals surface area contributed by atoms with E-state index in [1.54, 1.807) is 6.07 Å². The smallest absolute Gasteiger partial charge is 0.287 e. The van der Waals surface area contributed by atoms with E-state index in [0.717, 1.165) is 17.7 Å². The van der Waals surface area contributed by atoms with Crippen molar-refractivity contribution >= 4 is 5.91 Å². The molecular formula is C16H20N2O3. The standard InChI is InChI=1S/C16H20N2O3/c1-12(17)7-9-18-16(19)15-13(8-10-20-15)11-21-14-5-3-2-4-6-14/h2-6,8,10,12H,7,9,11,17H2,1H3,(H,18,19). The van der Waals surface area contributed by atoms with Crippen molar-refractivity contribution in [2.24, 2.45) is 5.73 Å². The molecule has 1 aromatic carbocycles. The molecule has 1 atom stereocenters. The van der Waals surface area contributed by atoms with Crippen molar-refractivity contribution in [1.29, 1.82) is 0 Å². The van der Waals surface area contributed by atoms with Crippen LogP contribution >= 0.6 is 0 Å². The molecule has 1 unspecified atom stereocenters. The minimum absolute atomic E-state index is 0.0581. The van der Waals surface area contributed by atoms with Crippen molar-refractivity contribution in [1.82, 2.24) is 5.32 Å². The average molecular weight is 288 g/mol. The van der Waals surface area contributed by atoms with E-state index in [9.17, 15) is 4.79 Å². The van der Waals surface area contributed by atoms with Crippen LogP contribution in [0.4, 0.5) is 0 Å². The van der Waals surface area contributed by atoms with Crippen LogP contribution in [0.25, 0.3) is 0 Å². The number of furan rings is 1. The maximum absolute atomic E-state index is 12.0. The van der Waals surface area contributed by atoms with Crippen LogP contribution in [0, 0.1) is 0 Å². The van der Waals surface area contributed by atoms with Crippen molar-refractivity contribution in [2.45, 2.75) is 26.0 Å². The van der Waals surface area contributed by atoms with Gasteiger partial charge >= 0.3 is 0 Å². The molecule has 0 aliphatic carbocycles. The largest absolute Gasteiger partial charge is 0.489 e. The Hall–Kier alpha value is -2.27. The molecule has 3 N–H and O–H groups in total. The van der Waals surface area contributed by atoms with E-state index in [4.69, 9.17) is 14.9 Å². The molecule has 112 valence electrons. The number of carbonyl (C=O) groups is 1. The van der Waals surface area contributed by atoms with Crippen molar-refractivity contribution < 1.29 is 13.9 Å². The van der Waals surface area contributed by atoms with Gasteiger partial charge in [-0.05, 0) is 31.5 Å². The minimum Gasteiger partial charge on any atom is -0.489 e. The van der Waals surface area contributed by atoms with Gasteiger partial charge in [0.25, 0.3) is 5.91 Å². The van der Waals surface area contributed by atoms with Crippen molar-refractivity contribution in [3.8, 4) is 5.75 Å². The fraction of sp³-hybridized carbons (Fsp3) is 0.312. The van der Waals surface area contributed by atoms with Gasteiger partial charge in [0.05, 0.1) is 6.26 Å². The van der Waals surface area contributed by atoms with Crippen LogP contribution in [-0.4, -0.2) is 18.5 Å². The summed E-state index contributed by atoms with van der Waals surface area (Å²) in [4.78, 5) is 12.0. The fourth-order valence-corrected chi connectivity index (χ4v) is 1.82. The SMILES string of the molecule is CC(N)CCNC(=O)c1occc1COc1ccccc1. The summed E-state index contributed by atoms with van der Waals surface area (Å²) in [6.45, 7) is 2.71. The Bertz CT molecular complexity index is 564. The second-order valence-electron chi connectivity index (χ2n) is 4.90. The zero-order chi connectivity index (χ0) is 15.1. The number of nitrogens with one attached hydrogen (secondary N) is 1. The van der Waals surface area contributed by atoms with Crippen LogP contribution in [0.3, 0.4) is 0 Å². The predicted molar refractivity (Wildman–Crippen MR) is 80.1 cm³/mol. The van der Waals surface area contributed by atoms with Crippen LogP contribution in [0.15, 0.2) is 47.1 Å². The summed E-state index contributed by atoms with van der Waals surface area (Å²) in [6.07, 6.45) is 2.21. The number of carbonyl (C=O) groups excluding carboxylic acids is 1. The molecule has 21 heavy (non-hydrogen) atoms. The van der Waals surface area contributed by atoms with Crippen molar-refractivity contribution in [3.05, 3.63) is 54.0 Å². The van der Waals surface area contributed by atoms with E-state index in [1.165, 1.54) is 6.26 Å². The summed E-state index contributed by atoms with van der Waals surface area (Å²) < 4.78 is 10.9. The molecule has 0 saturated carbocycles. The van der Waals surface area contributed by atoms with Crippen LogP contribution in [0.5, 0.6) is 5.75 Å². The summed E-state index contributed by atoms with van der Waals surface area (Å²) in [5.41, 5.74) is 6.36. The highest BCUT2D eigenvalue weighted by Gasteiger charge is 2.15. The summed E-state index contributed by atoms with van der Waals surface area (Å²) in [5, 5.41) is 2.79. The van der Waals surface area contributed by atoms with Gasteiger partial charge in [0, 0.05) is 18.2 Å². The third-order valence-corrected chi connectivity index (χ3v) is 2.98. The number of nitrogens with two attached hydrogens (primary N) is 1. The molecule has 0 aliphatic rings. The molecule has 0 spiro atoms. The molecule has 0 fully saturated rings. The second-order valence-corrected chi connectivity index (χ2v) is 4.90. The normalized spacial score (nSPS) is 11.9. The minimum atomic E-state index is -0.243. The van der Waals surface area contributed by atoms with Gasteiger partial charge in [0.15, 0.2) is 5.76 Å². The van der Waals surface area contributed by atoms with Gasteiger partial charge in [-0.2, -0.15) is 0 Å². The summed E-state index contributed by atoms with van der Waals surface area (Å²) in [5.74, 6) is 0.796. The molecule has 0 aliphatic heterocycles. The number of hydrogen-bond acceptors (Lipinski definition) is 4. The van der Waals surface area contributed by atoms with E-state index in [1.807, 2.05) is 37.3 Å². The highest BCUT2D eigenvalue weighted by atomic mass is 16.5. The number of ether oxygens (including phenoxy) is 1. The third kappa shape index (κ3) is 4.65. The number of benzene rings is 1. The maximum Gasteiger partial charge on any atom is 0.287 e. The van der Waals surface area contributed by atoms with Gasteiger partial charge in [-0.1, -0.05) is 18.2 Å². The first kappa shape index (κ1) is 15.1. The Kier molecular flexibility index (Phi) is 5.40. The molecule has 5 nitrogen and oxygen atoms in total. The Balaban J connectivity index is 1.90. The summed E-state index contributed by atoms with van der Waals surface area (Å²) in [6, 6.07) is 11.2. The molecule has 1 amide bonds. The van der Waals surface area contributed by atoms with Crippen molar-refractivity contribution in [3.63, 3.8) is 0 Å². The molecule has 0 bridgehead atoms. The lowest BCUT2D eigenvalue weighted by Gasteiger charge is -2.08. The second kappa shape index (κ2) is 7.50. The quantitative estimate of drug-likeness (QED) is 0.819. The molecule has 5 heteroatoms. The average Bonchev–Trinajstić information content (AvgIpc) is 2.94. The van der Waals surface area contributed by atoms with Crippen LogP contribution in [-0.2, 0) is 6.61 Å². The van der Waals surface area contributed by atoms with E-state index < -0.39 is 0 Å². The summed E-state index contributed by atoms with van der Waals surface area (Å²) in [7, 11) is 0. The van der Waals surface area contributed by atoms with Crippen LogP contribution in [0.1, 0.15) is 29.5 Å². The van der Waals surface area contributed by atoms with Gasteiger partial charge in [-0.15, -0.1) is 0 Å². The highest BCUT2D eigenvalue weighted by Crippen LogP contribution is 2.15. The first-order chi connectivity index (χ1) is 10.2. The number of amides is 1. The van der Waals surface area contributed by atoms with Crippen LogP contribution < -0.4 is 15.8 Å². The van der Waals surface area contributed by atoms with E-state index >= 15 is 0 Å². The van der Waals surface area contributed by atoms with Crippen molar-refractivity contribution in [2.75, 3.05) is 6.54 Å². The lowest BCUT2D eigenvalue weighted by molar-refractivity contribution is 0.0921. The number of hydrogen-bond donors (Lipinski definition) is 2. The Morgan fingerprint density at radius 1 is 1.33 bits per heavy atom. The molecule has 1 heterocycles. The zero-order valence-corrected chi connectivity index (χ0v) is 12.0. The van der Waals surface area contributed by atoms with E-state index in [2.05, 4.69) is 5.32 Å². The first-order valence-corrected chi connectivity index (χ1v) is 6.95. The fourth-order valence-electron chi connectivity index (χ4n) is 1.82. The maximum atomic E-state index is 12.0. The lowest BCUT2D eigenvalue weighted by atomic mass is 10.2. The van der Waals surface area contributed by atoms with Crippen LogP contribution in [0.2, 0.25) is 0 Å². The first-order valence-electron chi connectivity index (χ1n) is 6.95. The van der Waals surface area contributed by atoms with E-state index in [0.29, 0.717) is 6.54 Å². The molecule has 0 radical (unpaired) electrons. The highest BCUT2D eigenvalue weighted by molar-refractivity contribution is 5.92. The number of para-hydroxylation sites is 1. The van der Waals surface area contributed by atoms with Gasteiger partial charge < -0.3 is 20.2 Å². The molecule has 0 saturated heterocycles.